The number of phenols is 2. The topological polar surface area (TPSA) is 102 Å². The molecular weight excluding hydrogens is 492 g/mol. The van der Waals surface area contributed by atoms with Crippen molar-refractivity contribution in [1.82, 2.24) is 10.6 Å². The second-order valence-electron chi connectivity index (χ2n) is 8.38. The number of β-amino-alcohol motifs (C(OH)–C–C–N with tert-alkyl or cyclic N) is 1. The van der Waals surface area contributed by atoms with Crippen molar-refractivity contribution in [1.29, 1.82) is 0 Å². The number of aliphatic hydroxyl groups is 1. The fraction of sp³-hybridized carbons (Fsp3) is 0.650. The number of carbonyl (C=O) groups is 1. The average molecular weight is 524 g/mol. The number of hydrogen-bond donors (Lipinski definition) is 5. The highest BCUT2D eigenvalue weighted by molar-refractivity contribution is 9.09. The predicted octanol–water partition coefficient (Wildman–Crippen LogP) is 3.54. The van der Waals surface area contributed by atoms with E-state index >= 15 is 0 Å². The Morgan fingerprint density at radius 2 is 1.89 bits per heavy atom. The van der Waals surface area contributed by atoms with Crippen molar-refractivity contribution in [3.63, 3.8) is 0 Å². The quantitative estimate of drug-likeness (QED) is 0.278. The second-order valence-corrected chi connectivity index (χ2v) is 8.94. The molecule has 1 aliphatic carbocycles. The average Bonchev–Trinajstić information content (AvgIpc) is 2.62. The highest BCUT2D eigenvalue weighted by Crippen LogP contribution is 2.37. The van der Waals surface area contributed by atoms with Crippen molar-refractivity contribution >= 4 is 38.8 Å². The Hall–Kier alpha value is -0.830. The van der Waals surface area contributed by atoms with Gasteiger partial charge in [-0.15, -0.1) is 17.0 Å². The van der Waals surface area contributed by atoms with Gasteiger partial charge >= 0.3 is 0 Å². The summed E-state index contributed by atoms with van der Waals surface area (Å²) >= 11 is 3.20. The van der Waals surface area contributed by atoms with E-state index in [1.54, 1.807) is 6.07 Å². The Labute approximate surface area is 186 Å². The van der Waals surface area contributed by atoms with Crippen molar-refractivity contribution in [2.24, 2.45) is 5.92 Å². The number of aliphatic hydroxyl groups excluding tert-OH is 1. The summed E-state index contributed by atoms with van der Waals surface area (Å²) in [6, 6.07) is 4.36. The molecule has 0 heterocycles. The summed E-state index contributed by atoms with van der Waals surface area (Å²) in [4.78, 5) is 11.7. The van der Waals surface area contributed by atoms with E-state index in [9.17, 15) is 20.1 Å². The van der Waals surface area contributed by atoms with Crippen molar-refractivity contribution < 1.29 is 20.1 Å². The van der Waals surface area contributed by atoms with Gasteiger partial charge in [-0.3, -0.25) is 4.79 Å². The first-order valence-electron chi connectivity index (χ1n) is 9.38. The number of rotatable bonds is 7. The molecule has 1 amide bonds. The molecule has 1 aromatic carbocycles. The Morgan fingerprint density at radius 1 is 1.29 bits per heavy atom. The molecule has 1 fully saturated rings. The van der Waals surface area contributed by atoms with Gasteiger partial charge < -0.3 is 26.0 Å². The van der Waals surface area contributed by atoms with Gasteiger partial charge in [-0.05, 0) is 70.1 Å². The van der Waals surface area contributed by atoms with Gasteiger partial charge in [0.1, 0.15) is 0 Å². The van der Waals surface area contributed by atoms with Gasteiger partial charge in [0.15, 0.2) is 11.5 Å². The van der Waals surface area contributed by atoms with Crippen molar-refractivity contribution in [3.8, 4) is 11.5 Å². The number of nitrogens with one attached hydrogen (secondary N) is 2. The fourth-order valence-corrected chi connectivity index (χ4v) is 3.98. The van der Waals surface area contributed by atoms with Crippen LogP contribution in [-0.4, -0.2) is 44.2 Å². The summed E-state index contributed by atoms with van der Waals surface area (Å²) in [5.74, 6) is 0.0277. The van der Waals surface area contributed by atoms with E-state index in [1.807, 2.05) is 0 Å². The summed E-state index contributed by atoms with van der Waals surface area (Å²) < 4.78 is 0. The molecule has 2 rings (SSSR count). The largest absolute Gasteiger partial charge is 0.504 e. The summed E-state index contributed by atoms with van der Waals surface area (Å²) in [5, 5.41) is 36.3. The normalized spacial score (nSPS) is 23.5. The van der Waals surface area contributed by atoms with Crippen LogP contribution in [0.25, 0.3) is 0 Å². The number of aromatic hydroxyl groups is 2. The number of carbonyl (C=O) groups excluding carboxylic acids is 1. The first-order valence-corrected chi connectivity index (χ1v) is 10.5. The molecule has 1 unspecified atom stereocenters. The van der Waals surface area contributed by atoms with Crippen LogP contribution in [-0.2, 0) is 4.79 Å². The zero-order chi connectivity index (χ0) is 20.2. The lowest BCUT2D eigenvalue weighted by molar-refractivity contribution is -0.120. The van der Waals surface area contributed by atoms with Crippen LogP contribution >= 0.6 is 32.9 Å². The molecule has 1 saturated carbocycles. The molecule has 28 heavy (non-hydrogen) atoms. The van der Waals surface area contributed by atoms with E-state index < -0.39 is 6.10 Å². The summed E-state index contributed by atoms with van der Waals surface area (Å²) in [6.07, 6.45) is 3.07. The van der Waals surface area contributed by atoms with Crippen LogP contribution < -0.4 is 10.6 Å². The van der Waals surface area contributed by atoms with Gasteiger partial charge in [-0.1, -0.05) is 22.0 Å². The maximum absolute atomic E-state index is 11.7. The first kappa shape index (κ1) is 25.2. The Kier molecular flexibility index (Phi) is 9.25. The van der Waals surface area contributed by atoms with E-state index in [0.717, 1.165) is 25.7 Å². The maximum atomic E-state index is 11.7. The molecule has 0 aliphatic heterocycles. The van der Waals surface area contributed by atoms with Crippen LogP contribution in [0, 0.1) is 5.92 Å². The van der Waals surface area contributed by atoms with Crippen LogP contribution in [0.5, 0.6) is 11.5 Å². The van der Waals surface area contributed by atoms with Gasteiger partial charge in [0, 0.05) is 17.6 Å². The monoisotopic (exact) mass is 522 g/mol. The van der Waals surface area contributed by atoms with Gasteiger partial charge in [0.05, 0.1) is 11.4 Å². The minimum absolute atomic E-state index is 0. The number of hydrogen-bond acceptors (Lipinski definition) is 5. The second kappa shape index (κ2) is 10.3. The Balaban J connectivity index is 0.00000392. The van der Waals surface area contributed by atoms with E-state index in [-0.39, 0.29) is 45.5 Å². The SMILES string of the molecule is Br.CC1(NC(=O)CBr)CCC(C(C)(C)NCC(O)c2ccc(O)c(O)c2)CC1. The lowest BCUT2D eigenvalue weighted by Crippen LogP contribution is -2.54. The minimum Gasteiger partial charge on any atom is -0.504 e. The summed E-state index contributed by atoms with van der Waals surface area (Å²) in [5.41, 5.74) is 0.239. The highest BCUT2D eigenvalue weighted by atomic mass is 79.9. The molecule has 1 aliphatic rings. The smallest absolute Gasteiger partial charge is 0.231 e. The minimum atomic E-state index is -0.775. The zero-order valence-electron chi connectivity index (χ0n) is 16.7. The van der Waals surface area contributed by atoms with E-state index in [2.05, 4.69) is 47.3 Å². The lowest BCUT2D eigenvalue weighted by atomic mass is 9.70. The van der Waals surface area contributed by atoms with Crippen LogP contribution in [0.3, 0.4) is 0 Å². The molecular formula is C20H32Br2N2O4. The van der Waals surface area contributed by atoms with Crippen molar-refractivity contribution in [2.75, 3.05) is 11.9 Å². The lowest BCUT2D eigenvalue weighted by Gasteiger charge is -2.44. The van der Waals surface area contributed by atoms with Crippen LogP contribution in [0.15, 0.2) is 18.2 Å². The van der Waals surface area contributed by atoms with Gasteiger partial charge in [-0.2, -0.15) is 0 Å². The molecule has 0 aromatic heterocycles. The van der Waals surface area contributed by atoms with E-state index in [1.165, 1.54) is 12.1 Å². The molecule has 0 saturated heterocycles. The molecule has 1 aromatic rings. The van der Waals surface area contributed by atoms with Crippen molar-refractivity contribution in [3.05, 3.63) is 23.8 Å². The van der Waals surface area contributed by atoms with E-state index in [0.29, 0.717) is 23.4 Å². The van der Waals surface area contributed by atoms with E-state index in [4.69, 9.17) is 0 Å². The third-order valence-electron chi connectivity index (χ3n) is 5.81. The zero-order valence-corrected chi connectivity index (χ0v) is 20.0. The first-order chi connectivity index (χ1) is 12.6. The van der Waals surface area contributed by atoms with Crippen LogP contribution in [0.1, 0.15) is 58.1 Å². The molecule has 6 nitrogen and oxygen atoms in total. The Morgan fingerprint density at radius 3 is 2.43 bits per heavy atom. The number of alkyl halides is 1. The van der Waals surface area contributed by atoms with Gasteiger partial charge in [0.2, 0.25) is 5.91 Å². The third kappa shape index (κ3) is 6.61. The molecule has 0 radical (unpaired) electrons. The van der Waals surface area contributed by atoms with Crippen LogP contribution in [0.4, 0.5) is 0 Å². The number of halogens is 2. The van der Waals surface area contributed by atoms with Crippen LogP contribution in [0.2, 0.25) is 0 Å². The summed E-state index contributed by atoms with van der Waals surface area (Å²) in [6.45, 7) is 6.73. The number of phenolic OH excluding ortho intramolecular Hbond substituents is 2. The van der Waals surface area contributed by atoms with Gasteiger partial charge in [0.25, 0.3) is 0 Å². The molecule has 0 bridgehead atoms. The Bertz CT molecular complexity index is 662. The number of amides is 1. The maximum Gasteiger partial charge on any atom is 0.231 e. The molecule has 5 N–H and O–H groups in total. The fourth-order valence-electron chi connectivity index (χ4n) is 3.84. The standard InChI is InChI=1S/C20H31BrN2O4.BrH/c1-19(2,14-6-8-20(3,9-7-14)23-18(27)11-21)22-12-17(26)13-4-5-15(24)16(25)10-13;/h4-5,10,14,17,22,24-26H,6-9,11-12H2,1-3H3,(H,23,27);1H. The molecule has 8 heteroatoms. The third-order valence-corrected chi connectivity index (χ3v) is 6.32. The van der Waals surface area contributed by atoms with Crippen molar-refractivity contribution in [2.45, 2.75) is 63.6 Å². The molecule has 160 valence electrons. The van der Waals surface area contributed by atoms with Gasteiger partial charge in [-0.25, -0.2) is 0 Å². The molecule has 1 atom stereocenters. The predicted molar refractivity (Wildman–Crippen MR) is 119 cm³/mol. The highest BCUT2D eigenvalue weighted by Gasteiger charge is 2.38. The number of benzene rings is 1. The molecule has 0 spiro atoms. The summed E-state index contributed by atoms with van der Waals surface area (Å²) in [7, 11) is 0.